The number of rotatable bonds is 4. The number of nitriles is 1. The Bertz CT molecular complexity index is 1110. The normalized spacial score (nSPS) is 11.0. The summed E-state index contributed by atoms with van der Waals surface area (Å²) in [6.07, 6.45) is 3.01. The summed E-state index contributed by atoms with van der Waals surface area (Å²) in [7, 11) is -4.17. The van der Waals surface area contributed by atoms with E-state index in [2.05, 4.69) is 4.98 Å². The molecule has 6 nitrogen and oxygen atoms in total. The Labute approximate surface area is 142 Å². The van der Waals surface area contributed by atoms with E-state index < -0.39 is 15.8 Å². The molecule has 0 unspecified atom stereocenters. The van der Waals surface area contributed by atoms with Crippen molar-refractivity contribution in [2.45, 2.75) is 4.90 Å². The molecule has 0 saturated carbocycles. The van der Waals surface area contributed by atoms with Crippen LogP contribution in [0, 0.1) is 17.1 Å². The number of nitrogens with zero attached hydrogens (tertiary/aromatic N) is 3. The second-order valence-corrected chi connectivity index (χ2v) is 6.86. The lowest BCUT2D eigenvalue weighted by Gasteiger charge is -2.11. The van der Waals surface area contributed by atoms with Crippen LogP contribution in [0.15, 0.2) is 59.8 Å². The van der Waals surface area contributed by atoms with Crippen molar-refractivity contribution >= 4 is 16.3 Å². The van der Waals surface area contributed by atoms with Gasteiger partial charge in [-0.3, -0.25) is 4.79 Å². The van der Waals surface area contributed by atoms with Gasteiger partial charge in [-0.1, -0.05) is 6.07 Å². The van der Waals surface area contributed by atoms with Gasteiger partial charge >= 0.3 is 0 Å². The Morgan fingerprint density at radius 2 is 2.00 bits per heavy atom. The van der Waals surface area contributed by atoms with Gasteiger partial charge in [-0.15, -0.1) is 0 Å². The van der Waals surface area contributed by atoms with Gasteiger partial charge in [-0.25, -0.2) is 21.8 Å². The van der Waals surface area contributed by atoms with Gasteiger partial charge in [0, 0.05) is 23.5 Å². The number of halogens is 1. The third-order valence-corrected chi connectivity index (χ3v) is 5.16. The molecule has 25 heavy (non-hydrogen) atoms. The number of hydrogen-bond donors (Lipinski definition) is 0. The molecule has 0 fully saturated rings. The summed E-state index contributed by atoms with van der Waals surface area (Å²) in [5, 5.41) is 9.20. The Kier molecular flexibility index (Phi) is 4.17. The van der Waals surface area contributed by atoms with E-state index in [9.17, 15) is 22.9 Å². The van der Waals surface area contributed by atoms with Crippen LogP contribution >= 0.6 is 0 Å². The van der Waals surface area contributed by atoms with E-state index >= 15 is 0 Å². The fourth-order valence-electron chi connectivity index (χ4n) is 2.37. The minimum atomic E-state index is -4.17. The molecule has 0 aliphatic heterocycles. The predicted octanol–water partition coefficient (Wildman–Crippen LogP) is 2.61. The average molecular weight is 355 g/mol. The SMILES string of the molecule is N#Cc1ncccc1-c1cc(C=O)cn1S(=O)(=O)c1cccc(F)c1. The summed E-state index contributed by atoms with van der Waals surface area (Å²) in [6, 6.07) is 10.8. The van der Waals surface area contributed by atoms with Crippen LogP contribution in [0.4, 0.5) is 4.39 Å². The van der Waals surface area contributed by atoms with Gasteiger partial charge in [0.05, 0.1) is 10.6 Å². The van der Waals surface area contributed by atoms with Crippen LogP contribution in [-0.4, -0.2) is 23.7 Å². The average Bonchev–Trinajstić information content (AvgIpc) is 3.07. The molecular weight excluding hydrogens is 345 g/mol. The Balaban J connectivity index is 2.29. The van der Waals surface area contributed by atoms with E-state index in [1.165, 1.54) is 30.5 Å². The third kappa shape index (κ3) is 2.93. The van der Waals surface area contributed by atoms with E-state index in [1.807, 2.05) is 6.07 Å². The number of carbonyl (C=O) groups is 1. The van der Waals surface area contributed by atoms with Crippen molar-refractivity contribution in [2.24, 2.45) is 0 Å². The molecule has 1 aromatic carbocycles. The molecule has 0 amide bonds. The van der Waals surface area contributed by atoms with Gasteiger partial charge in [-0.2, -0.15) is 5.26 Å². The molecule has 0 bridgehead atoms. The lowest BCUT2D eigenvalue weighted by Crippen LogP contribution is -2.14. The zero-order valence-electron chi connectivity index (χ0n) is 12.6. The summed E-state index contributed by atoms with van der Waals surface area (Å²) in [6.45, 7) is 0. The summed E-state index contributed by atoms with van der Waals surface area (Å²) >= 11 is 0. The van der Waals surface area contributed by atoms with Crippen molar-refractivity contribution in [1.82, 2.24) is 8.96 Å². The molecule has 0 saturated heterocycles. The summed E-state index contributed by atoms with van der Waals surface area (Å²) in [5.74, 6) is -0.704. The molecule has 124 valence electrons. The summed E-state index contributed by atoms with van der Waals surface area (Å²) < 4.78 is 40.1. The van der Waals surface area contributed by atoms with Crippen LogP contribution in [0.2, 0.25) is 0 Å². The van der Waals surface area contributed by atoms with Gasteiger partial charge in [0.15, 0.2) is 6.29 Å². The number of hydrogen-bond acceptors (Lipinski definition) is 5. The van der Waals surface area contributed by atoms with Crippen LogP contribution in [0.3, 0.4) is 0 Å². The number of aromatic nitrogens is 2. The molecule has 0 spiro atoms. The molecule has 0 atom stereocenters. The quantitative estimate of drug-likeness (QED) is 0.671. The van der Waals surface area contributed by atoms with E-state index in [0.717, 1.165) is 22.3 Å². The van der Waals surface area contributed by atoms with Crippen molar-refractivity contribution in [3.8, 4) is 17.3 Å². The van der Waals surface area contributed by atoms with Gasteiger partial charge in [0.25, 0.3) is 10.0 Å². The molecule has 0 N–H and O–H groups in total. The maximum absolute atomic E-state index is 13.4. The molecule has 0 aliphatic rings. The third-order valence-electron chi connectivity index (χ3n) is 3.49. The highest BCUT2D eigenvalue weighted by atomic mass is 32.2. The van der Waals surface area contributed by atoms with Crippen molar-refractivity contribution < 1.29 is 17.6 Å². The second kappa shape index (κ2) is 6.30. The number of pyridine rings is 1. The van der Waals surface area contributed by atoms with Crippen molar-refractivity contribution in [3.05, 3.63) is 71.9 Å². The molecule has 0 radical (unpaired) electrons. The first-order valence-corrected chi connectivity index (χ1v) is 8.45. The minimum absolute atomic E-state index is 0.00809. The standard InChI is InChI=1S/C17H10FN3O3S/c18-13-3-1-4-14(8-13)25(23,24)21-10-12(11-22)7-17(21)15-5-2-6-20-16(15)9-19/h1-8,10-11H. The van der Waals surface area contributed by atoms with Crippen LogP contribution < -0.4 is 0 Å². The van der Waals surface area contributed by atoms with E-state index in [1.54, 1.807) is 6.07 Å². The lowest BCUT2D eigenvalue weighted by atomic mass is 10.1. The molecule has 8 heteroatoms. The molecule has 0 aliphatic carbocycles. The van der Waals surface area contributed by atoms with Crippen LogP contribution in [0.1, 0.15) is 16.1 Å². The van der Waals surface area contributed by atoms with Gasteiger partial charge in [0.2, 0.25) is 0 Å². The second-order valence-electron chi connectivity index (χ2n) is 5.05. The van der Waals surface area contributed by atoms with Crippen LogP contribution in [0.5, 0.6) is 0 Å². The maximum atomic E-state index is 13.4. The molecule has 2 heterocycles. The minimum Gasteiger partial charge on any atom is -0.298 e. The number of benzene rings is 1. The fourth-order valence-corrected chi connectivity index (χ4v) is 3.78. The largest absolute Gasteiger partial charge is 0.298 e. The highest BCUT2D eigenvalue weighted by molar-refractivity contribution is 7.90. The molecule has 3 aromatic rings. The molecular formula is C17H10FN3O3S. The first-order valence-electron chi connectivity index (χ1n) is 7.01. The zero-order chi connectivity index (χ0) is 18.0. The predicted molar refractivity (Wildman–Crippen MR) is 86.7 cm³/mol. The van der Waals surface area contributed by atoms with E-state index in [0.29, 0.717) is 6.29 Å². The first-order chi connectivity index (χ1) is 12.0. The highest BCUT2D eigenvalue weighted by Gasteiger charge is 2.23. The highest BCUT2D eigenvalue weighted by Crippen LogP contribution is 2.28. The molecule has 2 aromatic heterocycles. The Morgan fingerprint density at radius 1 is 1.20 bits per heavy atom. The van der Waals surface area contributed by atoms with Gasteiger partial charge < -0.3 is 0 Å². The topological polar surface area (TPSA) is 92.8 Å². The number of aldehydes is 1. The van der Waals surface area contributed by atoms with Crippen molar-refractivity contribution in [2.75, 3.05) is 0 Å². The maximum Gasteiger partial charge on any atom is 0.268 e. The smallest absolute Gasteiger partial charge is 0.268 e. The monoisotopic (exact) mass is 355 g/mol. The Morgan fingerprint density at radius 3 is 2.68 bits per heavy atom. The summed E-state index contributed by atoms with van der Waals surface area (Å²) in [4.78, 5) is 14.8. The number of carbonyl (C=O) groups excluding carboxylic acids is 1. The van der Waals surface area contributed by atoms with Crippen molar-refractivity contribution in [1.29, 1.82) is 5.26 Å². The van der Waals surface area contributed by atoms with E-state index in [4.69, 9.17) is 0 Å². The summed E-state index contributed by atoms with van der Waals surface area (Å²) in [5.41, 5.74) is 0.450. The van der Waals surface area contributed by atoms with E-state index in [-0.39, 0.29) is 27.4 Å². The van der Waals surface area contributed by atoms with Gasteiger partial charge in [-0.05, 0) is 36.4 Å². The molecule has 3 rings (SSSR count). The Hall–Kier alpha value is -3.31. The van der Waals surface area contributed by atoms with Gasteiger partial charge in [0.1, 0.15) is 17.6 Å². The van der Waals surface area contributed by atoms with Crippen molar-refractivity contribution in [3.63, 3.8) is 0 Å². The zero-order valence-corrected chi connectivity index (χ0v) is 13.4. The first kappa shape index (κ1) is 16.5. The van der Waals surface area contributed by atoms with Crippen LogP contribution in [0.25, 0.3) is 11.3 Å². The lowest BCUT2D eigenvalue weighted by molar-refractivity contribution is 0.112. The fraction of sp³-hybridized carbons (Fsp3) is 0. The van der Waals surface area contributed by atoms with Crippen LogP contribution in [-0.2, 0) is 10.0 Å².